The number of esters is 1. The molecule has 0 aliphatic rings. The van der Waals surface area contributed by atoms with E-state index in [-0.39, 0.29) is 16.6 Å². The number of hydrogen-bond acceptors (Lipinski definition) is 7. The van der Waals surface area contributed by atoms with Crippen molar-refractivity contribution in [2.75, 3.05) is 18.0 Å². The van der Waals surface area contributed by atoms with E-state index in [2.05, 4.69) is 0 Å². The Kier molecular flexibility index (Phi) is 6.38. The number of Topliss-reactive ketones (excluding diaryl/α,β-unsaturated/α-hetero) is 1. The minimum atomic E-state index is -3.60. The summed E-state index contributed by atoms with van der Waals surface area (Å²) in [7, 11) is -2.14. The van der Waals surface area contributed by atoms with Crippen molar-refractivity contribution in [3.63, 3.8) is 0 Å². The highest BCUT2D eigenvalue weighted by atomic mass is 32.2. The Morgan fingerprint density at radius 3 is 2.38 bits per heavy atom. The molecule has 2 rings (SSSR count). The molecular formula is C17H19NO6S2. The van der Waals surface area contributed by atoms with Gasteiger partial charge in [0.25, 0.3) is 10.0 Å². The lowest BCUT2D eigenvalue weighted by molar-refractivity contribution is -0.155. The van der Waals surface area contributed by atoms with E-state index in [0.29, 0.717) is 11.4 Å². The number of thiophene rings is 1. The first-order chi connectivity index (χ1) is 12.2. The lowest BCUT2D eigenvalue weighted by Crippen LogP contribution is -2.26. The molecule has 9 heteroatoms. The Bertz CT molecular complexity index is 859. The first kappa shape index (κ1) is 19.9. The minimum Gasteiger partial charge on any atom is -0.482 e. The van der Waals surface area contributed by atoms with Gasteiger partial charge in [0.2, 0.25) is 0 Å². The van der Waals surface area contributed by atoms with E-state index in [0.717, 1.165) is 11.3 Å². The van der Waals surface area contributed by atoms with Crippen LogP contribution in [0.4, 0.5) is 5.69 Å². The van der Waals surface area contributed by atoms with Gasteiger partial charge in [0.1, 0.15) is 9.96 Å². The van der Waals surface area contributed by atoms with Gasteiger partial charge in [-0.1, -0.05) is 6.07 Å². The molecule has 1 aromatic carbocycles. The fourth-order valence-corrected chi connectivity index (χ4v) is 4.25. The number of ketones is 1. The average Bonchev–Trinajstić information content (AvgIpc) is 3.15. The molecule has 1 aromatic heterocycles. The van der Waals surface area contributed by atoms with Gasteiger partial charge in [0.15, 0.2) is 18.5 Å². The number of carbonyl (C=O) groups excluding carboxylic acids is 2. The maximum atomic E-state index is 12.5. The average molecular weight is 397 g/mol. The summed E-state index contributed by atoms with van der Waals surface area (Å²) in [5, 5.41) is 1.70. The number of benzene rings is 1. The van der Waals surface area contributed by atoms with Gasteiger partial charge in [0, 0.05) is 7.05 Å². The number of rotatable bonds is 8. The molecule has 0 saturated carbocycles. The van der Waals surface area contributed by atoms with Crippen LogP contribution < -0.4 is 9.04 Å². The molecule has 1 heterocycles. The van der Waals surface area contributed by atoms with Gasteiger partial charge in [-0.25, -0.2) is 13.2 Å². The Labute approximate surface area is 156 Å². The van der Waals surface area contributed by atoms with Gasteiger partial charge < -0.3 is 9.47 Å². The van der Waals surface area contributed by atoms with Gasteiger partial charge in [-0.3, -0.25) is 9.10 Å². The smallest absolute Gasteiger partial charge is 0.344 e. The largest absolute Gasteiger partial charge is 0.482 e. The quantitative estimate of drug-likeness (QED) is 0.636. The second-order valence-electron chi connectivity index (χ2n) is 5.43. The molecule has 0 saturated heterocycles. The maximum absolute atomic E-state index is 12.5. The number of ether oxygens (including phenoxy) is 2. The molecule has 7 nitrogen and oxygen atoms in total. The fourth-order valence-electron chi connectivity index (χ4n) is 1.89. The molecule has 26 heavy (non-hydrogen) atoms. The highest BCUT2D eigenvalue weighted by Gasteiger charge is 2.22. The number of sulfonamides is 1. The van der Waals surface area contributed by atoms with Crippen molar-refractivity contribution >= 4 is 38.8 Å². The Morgan fingerprint density at radius 2 is 1.85 bits per heavy atom. The van der Waals surface area contributed by atoms with E-state index in [1.165, 1.54) is 25.2 Å². The van der Waals surface area contributed by atoms with Crippen LogP contribution in [-0.2, 0) is 24.3 Å². The Hall–Kier alpha value is -2.39. The van der Waals surface area contributed by atoms with Gasteiger partial charge in [-0.2, -0.15) is 0 Å². The highest BCUT2D eigenvalue weighted by molar-refractivity contribution is 7.94. The molecule has 2 aromatic rings. The molecule has 0 aliphatic carbocycles. The van der Waals surface area contributed by atoms with Crippen LogP contribution in [-0.4, -0.2) is 39.9 Å². The van der Waals surface area contributed by atoms with Gasteiger partial charge in [0.05, 0.1) is 5.69 Å². The van der Waals surface area contributed by atoms with E-state index >= 15 is 0 Å². The van der Waals surface area contributed by atoms with Crippen LogP contribution in [0, 0.1) is 0 Å². The van der Waals surface area contributed by atoms with E-state index in [1.807, 2.05) is 0 Å². The minimum absolute atomic E-state index is 0.252. The predicted molar refractivity (Wildman–Crippen MR) is 98.1 cm³/mol. The fraction of sp³-hybridized carbons (Fsp3) is 0.294. The molecule has 1 unspecified atom stereocenters. The number of nitrogens with zero attached hydrogens (tertiary/aromatic N) is 1. The van der Waals surface area contributed by atoms with Crippen LogP contribution >= 0.6 is 11.3 Å². The molecule has 140 valence electrons. The molecule has 0 amide bonds. The molecule has 1 atom stereocenters. The van der Waals surface area contributed by atoms with Crippen LogP contribution in [0.3, 0.4) is 0 Å². The van der Waals surface area contributed by atoms with E-state index in [4.69, 9.17) is 9.47 Å². The Balaban J connectivity index is 1.98. The zero-order valence-electron chi connectivity index (χ0n) is 14.5. The van der Waals surface area contributed by atoms with Crippen LogP contribution in [0.25, 0.3) is 0 Å². The van der Waals surface area contributed by atoms with Crippen molar-refractivity contribution < 1.29 is 27.5 Å². The summed E-state index contributed by atoms with van der Waals surface area (Å²) in [6, 6.07) is 9.47. The first-order valence-electron chi connectivity index (χ1n) is 7.67. The number of carbonyl (C=O) groups is 2. The second kappa shape index (κ2) is 8.33. The van der Waals surface area contributed by atoms with E-state index in [1.54, 1.807) is 41.8 Å². The summed E-state index contributed by atoms with van der Waals surface area (Å²) >= 11 is 1.14. The molecule has 0 spiro atoms. The lowest BCUT2D eigenvalue weighted by Gasteiger charge is -2.18. The summed E-state index contributed by atoms with van der Waals surface area (Å²) in [6.07, 6.45) is -0.815. The van der Waals surface area contributed by atoms with Crippen molar-refractivity contribution in [1.82, 2.24) is 0 Å². The van der Waals surface area contributed by atoms with Gasteiger partial charge in [-0.15, -0.1) is 11.3 Å². The highest BCUT2D eigenvalue weighted by Crippen LogP contribution is 2.26. The topological polar surface area (TPSA) is 90.0 Å². The molecule has 0 bridgehead atoms. The number of anilines is 1. The SMILES string of the molecule is CC(=O)C(C)OC(=O)COc1ccc(N(C)S(=O)(=O)c2cccs2)cc1. The summed E-state index contributed by atoms with van der Waals surface area (Å²) in [6.45, 7) is 2.47. The van der Waals surface area contributed by atoms with Gasteiger partial charge in [-0.05, 0) is 49.6 Å². The van der Waals surface area contributed by atoms with E-state index < -0.39 is 22.1 Å². The Morgan fingerprint density at radius 1 is 1.19 bits per heavy atom. The van der Waals surface area contributed by atoms with Crippen LogP contribution in [0.15, 0.2) is 46.0 Å². The van der Waals surface area contributed by atoms with E-state index in [9.17, 15) is 18.0 Å². The molecule has 0 aliphatic heterocycles. The first-order valence-corrected chi connectivity index (χ1v) is 9.99. The summed E-state index contributed by atoms with van der Waals surface area (Å²) in [4.78, 5) is 22.6. The third-order valence-corrected chi connectivity index (χ3v) is 6.71. The zero-order valence-corrected chi connectivity index (χ0v) is 16.2. The summed E-state index contributed by atoms with van der Waals surface area (Å²) in [5.41, 5.74) is 0.457. The maximum Gasteiger partial charge on any atom is 0.344 e. The monoisotopic (exact) mass is 397 g/mol. The van der Waals surface area contributed by atoms with Crippen LogP contribution in [0.5, 0.6) is 5.75 Å². The van der Waals surface area contributed by atoms with Crippen molar-refractivity contribution in [2.24, 2.45) is 0 Å². The molecule has 0 fully saturated rings. The summed E-state index contributed by atoms with van der Waals surface area (Å²) < 4.78 is 36.5. The molecule has 0 N–H and O–H groups in total. The standard InChI is InChI=1S/C17H19NO6S2/c1-12(19)13(2)24-16(20)11-23-15-8-6-14(7-9-15)18(3)26(21,22)17-5-4-10-25-17/h4-10,13H,11H2,1-3H3. The van der Waals surface area contributed by atoms with Crippen LogP contribution in [0.1, 0.15) is 13.8 Å². The third kappa shape index (κ3) is 4.83. The van der Waals surface area contributed by atoms with Crippen molar-refractivity contribution in [2.45, 2.75) is 24.2 Å². The molecular weight excluding hydrogens is 378 g/mol. The predicted octanol–water partition coefficient (Wildman–Crippen LogP) is 2.47. The van der Waals surface area contributed by atoms with Crippen LogP contribution in [0.2, 0.25) is 0 Å². The van der Waals surface area contributed by atoms with Crippen molar-refractivity contribution in [3.8, 4) is 5.75 Å². The molecule has 0 radical (unpaired) electrons. The van der Waals surface area contributed by atoms with Gasteiger partial charge >= 0.3 is 5.97 Å². The second-order valence-corrected chi connectivity index (χ2v) is 8.57. The van der Waals surface area contributed by atoms with Crippen molar-refractivity contribution in [1.29, 1.82) is 0 Å². The third-order valence-electron chi connectivity index (χ3n) is 3.55. The van der Waals surface area contributed by atoms with Crippen molar-refractivity contribution in [3.05, 3.63) is 41.8 Å². The lowest BCUT2D eigenvalue weighted by atomic mass is 10.3. The number of hydrogen-bond donors (Lipinski definition) is 0. The normalized spacial score (nSPS) is 12.3. The zero-order chi connectivity index (χ0) is 19.3. The summed E-state index contributed by atoms with van der Waals surface area (Å²) in [5.74, 6) is -0.532.